The van der Waals surface area contributed by atoms with Crippen LogP contribution in [0.4, 0.5) is 0 Å². The number of aromatic nitrogens is 4. The zero-order valence-corrected chi connectivity index (χ0v) is 23.0. The van der Waals surface area contributed by atoms with Gasteiger partial charge in [-0.3, -0.25) is 9.69 Å². The molecule has 3 N–H and O–H groups in total. The van der Waals surface area contributed by atoms with E-state index in [-0.39, 0.29) is 24.2 Å². The van der Waals surface area contributed by atoms with Gasteiger partial charge < -0.3 is 20.0 Å². The fraction of sp³-hybridized carbons (Fsp3) is 0.531. The van der Waals surface area contributed by atoms with Crippen molar-refractivity contribution in [2.75, 3.05) is 13.1 Å². The van der Waals surface area contributed by atoms with Gasteiger partial charge in [0.1, 0.15) is 17.9 Å². The van der Waals surface area contributed by atoms with Crippen molar-refractivity contribution in [3.63, 3.8) is 0 Å². The minimum absolute atomic E-state index is 0.0863. The zero-order chi connectivity index (χ0) is 26.8. The Kier molecular flexibility index (Phi) is 5.96. The lowest BCUT2D eigenvalue weighted by atomic mass is 10.0. The van der Waals surface area contributed by atoms with Gasteiger partial charge in [-0.2, -0.15) is 0 Å². The van der Waals surface area contributed by atoms with Crippen LogP contribution in [-0.4, -0.2) is 60.1 Å². The number of fused-ring (bicyclic) bond motifs is 2. The number of carbonyl (C=O) groups is 1. The molecule has 208 valence electrons. The van der Waals surface area contributed by atoms with E-state index in [1.54, 1.807) is 0 Å². The van der Waals surface area contributed by atoms with E-state index in [9.17, 15) is 9.90 Å². The maximum atomic E-state index is 12.8. The van der Waals surface area contributed by atoms with Gasteiger partial charge in [-0.25, -0.2) is 9.97 Å². The number of imidazole rings is 2. The molecule has 1 unspecified atom stereocenters. The predicted molar refractivity (Wildman–Crippen MR) is 153 cm³/mol. The predicted octanol–water partition coefficient (Wildman–Crippen LogP) is 5.16. The third kappa shape index (κ3) is 4.51. The van der Waals surface area contributed by atoms with Crippen LogP contribution in [0.2, 0.25) is 0 Å². The second-order valence-corrected chi connectivity index (χ2v) is 12.6. The first-order valence-electron chi connectivity index (χ1n) is 15.3. The molecule has 2 saturated carbocycles. The Morgan fingerprint density at radius 2 is 1.43 bits per heavy atom. The number of nitrogens with zero attached hydrogens (tertiary/aromatic N) is 4. The van der Waals surface area contributed by atoms with Crippen LogP contribution in [0, 0.1) is 11.8 Å². The van der Waals surface area contributed by atoms with Crippen LogP contribution >= 0.6 is 0 Å². The topological polar surface area (TPSA) is 101 Å². The minimum Gasteiger partial charge on any atom is -0.378 e. The monoisotopic (exact) mass is 538 g/mol. The average Bonchev–Trinajstić information content (AvgIpc) is 3.77. The van der Waals surface area contributed by atoms with E-state index < -0.39 is 0 Å². The Morgan fingerprint density at radius 3 is 2.05 bits per heavy atom. The van der Waals surface area contributed by atoms with Crippen LogP contribution in [-0.2, 0) is 17.6 Å². The van der Waals surface area contributed by atoms with Crippen LogP contribution in [0.1, 0.15) is 86.2 Å². The van der Waals surface area contributed by atoms with Crippen molar-refractivity contribution in [3.8, 4) is 0 Å². The minimum atomic E-state index is -0.332. The number of H-pyrrole nitrogens is 2. The molecule has 2 aromatic heterocycles. The lowest BCUT2D eigenvalue weighted by molar-refractivity contribution is -0.133. The van der Waals surface area contributed by atoms with E-state index in [0.717, 1.165) is 111 Å². The summed E-state index contributed by atoms with van der Waals surface area (Å²) < 4.78 is 0. The second-order valence-electron chi connectivity index (χ2n) is 12.6. The van der Waals surface area contributed by atoms with Gasteiger partial charge in [-0.15, -0.1) is 0 Å². The SMILES string of the molecule is O=C(C1CC1)N1CCC[C@H]1c1nc2ccc(CCc3ccc4nc([C@@H]5CCCN5C(O)C5CC5)[nH]c4c3)cc2[nH]1. The first-order chi connectivity index (χ1) is 19.6. The number of hydrogen-bond donors (Lipinski definition) is 3. The molecule has 3 atom stereocenters. The lowest BCUT2D eigenvalue weighted by Gasteiger charge is -2.28. The molecule has 2 aliphatic heterocycles. The summed E-state index contributed by atoms with van der Waals surface area (Å²) in [7, 11) is 0. The van der Waals surface area contributed by atoms with Crippen molar-refractivity contribution >= 4 is 28.0 Å². The van der Waals surface area contributed by atoms with Gasteiger partial charge in [0, 0.05) is 19.0 Å². The van der Waals surface area contributed by atoms with Gasteiger partial charge in [0.15, 0.2) is 0 Å². The van der Waals surface area contributed by atoms with Gasteiger partial charge in [-0.05, 0) is 106 Å². The van der Waals surface area contributed by atoms with Gasteiger partial charge in [0.2, 0.25) is 5.91 Å². The molecule has 8 nitrogen and oxygen atoms in total. The van der Waals surface area contributed by atoms with E-state index in [4.69, 9.17) is 9.97 Å². The van der Waals surface area contributed by atoms with E-state index in [2.05, 4.69) is 56.2 Å². The maximum absolute atomic E-state index is 12.8. The number of aromatic amines is 2. The standard InChI is InChI=1S/C32H38N6O2/c39-31(21-9-10-21)37-15-1-3-27(37)29-33-23-13-7-19(17-25(23)35-29)5-6-20-8-14-24-26(18-20)36-30(34-24)28-4-2-16-38(28)32(40)22-11-12-22/h7-8,13-14,17-18,21-22,27-28,31,39H,1-6,9-12,15-16H2,(H,33,35)(H,34,36)/t27-,28-,31?/m0/s1. The highest BCUT2D eigenvalue weighted by Gasteiger charge is 2.41. The summed E-state index contributed by atoms with van der Waals surface area (Å²) in [5.74, 6) is 2.94. The number of aryl methyl sites for hydroxylation is 2. The number of rotatable bonds is 8. The molecule has 2 saturated heterocycles. The van der Waals surface area contributed by atoms with Crippen molar-refractivity contribution < 1.29 is 9.90 Å². The molecule has 2 aromatic carbocycles. The summed E-state index contributed by atoms with van der Waals surface area (Å²) in [5.41, 5.74) is 6.68. The molecular weight excluding hydrogens is 500 g/mol. The second kappa shape index (κ2) is 9.70. The van der Waals surface area contributed by atoms with Crippen LogP contribution in [0.3, 0.4) is 0 Å². The molecular formula is C32H38N6O2. The Balaban J connectivity index is 0.961. The maximum Gasteiger partial charge on any atom is 0.226 e. The third-order valence-electron chi connectivity index (χ3n) is 9.60. The van der Waals surface area contributed by atoms with E-state index >= 15 is 0 Å². The Hall–Kier alpha value is -3.23. The highest BCUT2D eigenvalue weighted by molar-refractivity contribution is 5.82. The first-order valence-corrected chi connectivity index (χ1v) is 15.3. The Morgan fingerprint density at radius 1 is 0.825 bits per heavy atom. The number of likely N-dealkylation sites (tertiary alicyclic amines) is 2. The van der Waals surface area contributed by atoms with Gasteiger partial charge >= 0.3 is 0 Å². The molecule has 0 radical (unpaired) electrons. The fourth-order valence-corrected chi connectivity index (χ4v) is 7.01. The number of aliphatic hydroxyl groups excluding tert-OH is 1. The molecule has 8 heteroatoms. The van der Waals surface area contributed by atoms with Crippen LogP contribution in [0.5, 0.6) is 0 Å². The normalized spacial score (nSPS) is 24.5. The highest BCUT2D eigenvalue weighted by atomic mass is 16.3. The molecule has 4 aromatic rings. The molecule has 8 rings (SSSR count). The molecule has 4 heterocycles. The fourth-order valence-electron chi connectivity index (χ4n) is 7.01. The Labute approximate surface area is 234 Å². The summed E-state index contributed by atoms with van der Waals surface area (Å²) in [5, 5.41) is 10.8. The molecule has 0 spiro atoms. The number of benzene rings is 2. The summed E-state index contributed by atoms with van der Waals surface area (Å²) in [6, 6.07) is 13.3. The highest BCUT2D eigenvalue weighted by Crippen LogP contribution is 2.41. The largest absolute Gasteiger partial charge is 0.378 e. The summed E-state index contributed by atoms with van der Waals surface area (Å²) >= 11 is 0. The molecule has 0 bridgehead atoms. The lowest BCUT2D eigenvalue weighted by Crippen LogP contribution is -2.36. The van der Waals surface area contributed by atoms with Crippen molar-refractivity contribution in [3.05, 3.63) is 59.2 Å². The smallest absolute Gasteiger partial charge is 0.226 e. The average molecular weight is 539 g/mol. The van der Waals surface area contributed by atoms with Crippen molar-refractivity contribution in [1.29, 1.82) is 0 Å². The van der Waals surface area contributed by atoms with Gasteiger partial charge in [0.05, 0.1) is 34.2 Å². The summed E-state index contributed by atoms with van der Waals surface area (Å²) in [4.78, 5) is 34.0. The van der Waals surface area contributed by atoms with Crippen molar-refractivity contribution in [2.45, 2.75) is 82.5 Å². The third-order valence-corrected chi connectivity index (χ3v) is 9.60. The molecule has 40 heavy (non-hydrogen) atoms. The van der Waals surface area contributed by atoms with Gasteiger partial charge in [0.25, 0.3) is 0 Å². The quantitative estimate of drug-likeness (QED) is 0.288. The zero-order valence-electron chi connectivity index (χ0n) is 23.0. The van der Waals surface area contributed by atoms with Crippen LogP contribution in [0.15, 0.2) is 36.4 Å². The van der Waals surface area contributed by atoms with E-state index in [1.807, 2.05) is 0 Å². The van der Waals surface area contributed by atoms with Gasteiger partial charge in [-0.1, -0.05) is 12.1 Å². The molecule has 4 aliphatic rings. The number of carbonyl (C=O) groups excluding carboxylic acids is 1. The molecule has 1 amide bonds. The first kappa shape index (κ1) is 24.6. The molecule has 4 fully saturated rings. The molecule has 2 aliphatic carbocycles. The van der Waals surface area contributed by atoms with Crippen molar-refractivity contribution in [2.24, 2.45) is 11.8 Å². The number of nitrogens with one attached hydrogen (secondary N) is 2. The van der Waals surface area contributed by atoms with Crippen LogP contribution in [0.25, 0.3) is 22.1 Å². The summed E-state index contributed by atoms with van der Waals surface area (Å²) in [6.07, 6.45) is 10.1. The Bertz CT molecular complexity index is 1570. The van der Waals surface area contributed by atoms with E-state index in [1.165, 1.54) is 11.1 Å². The van der Waals surface area contributed by atoms with E-state index in [0.29, 0.717) is 11.8 Å². The number of amides is 1. The summed E-state index contributed by atoms with van der Waals surface area (Å²) in [6.45, 7) is 1.80. The van der Waals surface area contributed by atoms with Crippen molar-refractivity contribution in [1.82, 2.24) is 29.7 Å². The number of aliphatic hydroxyl groups is 1. The number of hydrogen-bond acceptors (Lipinski definition) is 5. The van der Waals surface area contributed by atoms with Crippen LogP contribution < -0.4 is 0 Å².